The van der Waals surface area contributed by atoms with Gasteiger partial charge in [0.25, 0.3) is 0 Å². The fourth-order valence-electron chi connectivity index (χ4n) is 8.12. The highest BCUT2D eigenvalue weighted by Gasteiger charge is 2.39. The second kappa shape index (κ2) is 15.2. The number of carbonyl (C=O) groups is 4. The number of alkyl carbamates (subject to hydrolysis) is 2. The quantitative estimate of drug-likeness (QED) is 0.128. The summed E-state index contributed by atoms with van der Waals surface area (Å²) in [5.41, 5.74) is 5.72. The Hall–Kier alpha value is -5.84. The summed E-state index contributed by atoms with van der Waals surface area (Å²) in [6, 6.07) is 8.05. The highest BCUT2D eigenvalue weighted by molar-refractivity contribution is 7.22. The van der Waals surface area contributed by atoms with Crippen LogP contribution in [0.5, 0.6) is 0 Å². The van der Waals surface area contributed by atoms with Gasteiger partial charge in [-0.1, -0.05) is 33.8 Å². The van der Waals surface area contributed by atoms with Gasteiger partial charge in [0.05, 0.1) is 64.8 Å². The lowest BCUT2D eigenvalue weighted by atomic mass is 10.0. The molecule has 298 valence electrons. The molecule has 57 heavy (non-hydrogen) atoms. The van der Waals surface area contributed by atoms with Crippen molar-refractivity contribution in [2.24, 2.45) is 11.8 Å². The summed E-state index contributed by atoms with van der Waals surface area (Å²) in [5.74, 6) is 0.824. The Balaban J connectivity index is 1.06. The van der Waals surface area contributed by atoms with Crippen molar-refractivity contribution in [1.82, 2.24) is 50.3 Å². The van der Waals surface area contributed by atoms with Crippen LogP contribution in [0.4, 0.5) is 9.59 Å². The first-order valence-electron chi connectivity index (χ1n) is 19.3. The fraction of sp³-hybridized carbons (Fsp3) is 0.450. The number of H-pyrrole nitrogens is 2. The summed E-state index contributed by atoms with van der Waals surface area (Å²) in [6.07, 6.45) is 3.62. The first-order valence-corrected chi connectivity index (χ1v) is 20.1. The molecule has 2 aliphatic heterocycles. The molecule has 0 bridgehead atoms. The van der Waals surface area contributed by atoms with Crippen LogP contribution >= 0.6 is 11.3 Å². The van der Waals surface area contributed by atoms with E-state index in [1.807, 2.05) is 62.9 Å². The van der Waals surface area contributed by atoms with Crippen molar-refractivity contribution in [3.05, 3.63) is 48.2 Å². The number of nitrogens with one attached hydrogen (secondary N) is 4. The number of imidazole rings is 2. The summed E-state index contributed by atoms with van der Waals surface area (Å²) in [7, 11) is 2.57. The summed E-state index contributed by atoms with van der Waals surface area (Å²) < 4.78 is 10.5. The van der Waals surface area contributed by atoms with Crippen LogP contribution in [0.25, 0.3) is 53.8 Å². The maximum absolute atomic E-state index is 13.7. The average molecular weight is 795 g/mol. The molecule has 6 heterocycles. The van der Waals surface area contributed by atoms with E-state index in [1.54, 1.807) is 22.4 Å². The Kier molecular flexibility index (Phi) is 10.2. The van der Waals surface area contributed by atoms with Gasteiger partial charge in [-0.2, -0.15) is 0 Å². The molecule has 17 heteroatoms. The number of aromatic nitrogens is 6. The van der Waals surface area contributed by atoms with Crippen LogP contribution in [-0.4, -0.2) is 103 Å². The molecule has 16 nitrogen and oxygen atoms in total. The Morgan fingerprint density at radius 1 is 0.737 bits per heavy atom. The number of fused-ring (bicyclic) bond motifs is 6. The number of thiazole rings is 1. The molecule has 0 radical (unpaired) electrons. The molecule has 2 aromatic carbocycles. The predicted octanol–water partition coefficient (Wildman–Crippen LogP) is 6.35. The second-order valence-corrected chi connectivity index (χ2v) is 16.4. The molecule has 2 fully saturated rings. The smallest absolute Gasteiger partial charge is 0.407 e. The molecule has 4 aromatic heterocycles. The SMILES string of the molecule is COC(=O)N[C@H](C(=O)N1CCC[C@H]1c1nc2cnc3cc(-c4nc5ccc6nc([C@@H]7CCCN7C(=O)[C@@H](NC(=O)OC)C(C)C)[nH]c6c5s4)ccc3c2[nH]1)C(C)C. The van der Waals surface area contributed by atoms with Crippen molar-refractivity contribution in [2.45, 2.75) is 77.5 Å². The number of methoxy groups -OCH3 is 2. The monoisotopic (exact) mass is 794 g/mol. The van der Waals surface area contributed by atoms with E-state index in [1.165, 1.54) is 14.2 Å². The van der Waals surface area contributed by atoms with Crippen LogP contribution in [0, 0.1) is 11.8 Å². The minimum atomic E-state index is -0.716. The fourth-order valence-corrected chi connectivity index (χ4v) is 9.18. The molecular formula is C40H46N10O6S. The van der Waals surface area contributed by atoms with E-state index in [9.17, 15) is 19.2 Å². The van der Waals surface area contributed by atoms with Gasteiger partial charge in [0.1, 0.15) is 34.3 Å². The number of nitrogens with zero attached hydrogens (tertiary/aromatic N) is 6. The summed E-state index contributed by atoms with van der Waals surface area (Å²) in [6.45, 7) is 8.73. The minimum Gasteiger partial charge on any atom is -0.453 e. The lowest BCUT2D eigenvalue weighted by Gasteiger charge is -2.29. The van der Waals surface area contributed by atoms with Crippen LogP contribution < -0.4 is 10.6 Å². The van der Waals surface area contributed by atoms with Gasteiger partial charge in [0.15, 0.2) is 0 Å². The molecular weight excluding hydrogens is 749 g/mol. The maximum atomic E-state index is 13.7. The zero-order valence-corrected chi connectivity index (χ0v) is 33.5. The molecule has 4 atom stereocenters. The largest absolute Gasteiger partial charge is 0.453 e. The summed E-state index contributed by atoms with van der Waals surface area (Å²) in [4.78, 5) is 81.8. The number of likely N-dealkylation sites (tertiary alicyclic amines) is 2. The number of amides is 4. The normalized spacial score (nSPS) is 18.3. The second-order valence-electron chi connectivity index (χ2n) is 15.4. The molecule has 0 spiro atoms. The van der Waals surface area contributed by atoms with Gasteiger partial charge in [-0.3, -0.25) is 14.6 Å². The van der Waals surface area contributed by atoms with Gasteiger partial charge >= 0.3 is 12.2 Å². The standard InChI is InChI=1S/C40H46N10O6S/c1-19(2)29(47-39(53)55-5)37(51)49-15-7-9-27(49)34-42-23-13-14-24-33(32(23)46-34)57-36(44-24)21-11-12-22-25(17-21)41-18-26-31(22)45-35(43-26)28-10-8-16-50(28)38(52)30(20(3)4)48-40(54)56-6/h11-14,17-20,27-30H,7-10,15-16H2,1-6H3,(H,42,46)(H,43,45)(H,47,53)(H,48,54)/t27-,28-,29-,30-/m0/s1. The molecule has 2 aliphatic rings. The summed E-state index contributed by atoms with van der Waals surface area (Å²) in [5, 5.41) is 7.14. The number of rotatable bonds is 9. The van der Waals surface area contributed by atoms with Gasteiger partial charge in [0.2, 0.25) is 11.8 Å². The van der Waals surface area contributed by atoms with Crippen LogP contribution in [-0.2, 0) is 19.1 Å². The zero-order valence-electron chi connectivity index (χ0n) is 32.7. The number of aromatic amines is 2. The van der Waals surface area contributed by atoms with E-state index in [-0.39, 0.29) is 35.7 Å². The number of ether oxygens (including phenoxy) is 2. The van der Waals surface area contributed by atoms with E-state index in [4.69, 9.17) is 29.4 Å². The number of hydrogen-bond donors (Lipinski definition) is 4. The Bertz CT molecular complexity index is 2530. The van der Waals surface area contributed by atoms with Gasteiger partial charge < -0.3 is 39.9 Å². The van der Waals surface area contributed by atoms with E-state index in [0.717, 1.165) is 73.9 Å². The van der Waals surface area contributed by atoms with E-state index >= 15 is 0 Å². The van der Waals surface area contributed by atoms with Crippen molar-refractivity contribution in [3.63, 3.8) is 0 Å². The lowest BCUT2D eigenvalue weighted by molar-refractivity contribution is -0.136. The van der Waals surface area contributed by atoms with Gasteiger partial charge in [0, 0.05) is 24.0 Å². The lowest BCUT2D eigenvalue weighted by Crippen LogP contribution is -2.51. The third-order valence-corrected chi connectivity index (χ3v) is 12.2. The Morgan fingerprint density at radius 3 is 1.88 bits per heavy atom. The van der Waals surface area contributed by atoms with Crippen LogP contribution in [0.3, 0.4) is 0 Å². The zero-order chi connectivity index (χ0) is 40.1. The molecule has 2 saturated heterocycles. The first-order chi connectivity index (χ1) is 27.4. The molecule has 0 saturated carbocycles. The highest BCUT2D eigenvalue weighted by atomic mass is 32.1. The van der Waals surface area contributed by atoms with Crippen LogP contribution in [0.15, 0.2) is 36.5 Å². The molecule has 0 unspecified atom stereocenters. The van der Waals surface area contributed by atoms with E-state index in [0.29, 0.717) is 30.3 Å². The van der Waals surface area contributed by atoms with E-state index < -0.39 is 24.3 Å². The topological polar surface area (TPSA) is 200 Å². The third-order valence-electron chi connectivity index (χ3n) is 11.1. The Labute approximate surface area is 332 Å². The van der Waals surface area contributed by atoms with E-state index in [2.05, 4.69) is 20.6 Å². The number of pyridine rings is 1. The van der Waals surface area contributed by atoms with Gasteiger partial charge in [-0.25, -0.2) is 24.5 Å². The summed E-state index contributed by atoms with van der Waals surface area (Å²) >= 11 is 1.56. The highest BCUT2D eigenvalue weighted by Crippen LogP contribution is 2.39. The van der Waals surface area contributed by atoms with Crippen molar-refractivity contribution >= 4 is 78.5 Å². The van der Waals surface area contributed by atoms with Crippen molar-refractivity contribution in [1.29, 1.82) is 0 Å². The molecule has 4 N–H and O–H groups in total. The first kappa shape index (κ1) is 38.1. The Morgan fingerprint density at radius 2 is 1.30 bits per heavy atom. The molecule has 6 aromatic rings. The van der Waals surface area contributed by atoms with Crippen molar-refractivity contribution in [2.75, 3.05) is 27.3 Å². The van der Waals surface area contributed by atoms with Crippen LogP contribution in [0.2, 0.25) is 0 Å². The number of carbonyl (C=O) groups excluding carboxylic acids is 4. The molecule has 8 rings (SSSR count). The van der Waals surface area contributed by atoms with Crippen molar-refractivity contribution < 1.29 is 28.7 Å². The predicted molar refractivity (Wildman–Crippen MR) is 215 cm³/mol. The molecule has 4 amide bonds. The van der Waals surface area contributed by atoms with Gasteiger partial charge in [-0.15, -0.1) is 11.3 Å². The number of benzene rings is 2. The van der Waals surface area contributed by atoms with Crippen LogP contribution in [0.1, 0.15) is 77.1 Å². The third kappa shape index (κ3) is 6.97. The van der Waals surface area contributed by atoms with Gasteiger partial charge in [-0.05, 0) is 61.8 Å². The maximum Gasteiger partial charge on any atom is 0.407 e. The number of hydrogen-bond acceptors (Lipinski definition) is 11. The molecule has 0 aliphatic carbocycles. The minimum absolute atomic E-state index is 0.126. The average Bonchev–Trinajstić information content (AvgIpc) is 4.05. The van der Waals surface area contributed by atoms with Crippen molar-refractivity contribution in [3.8, 4) is 10.6 Å².